The van der Waals surface area contributed by atoms with E-state index in [1.807, 2.05) is 30.3 Å². The first-order valence-corrected chi connectivity index (χ1v) is 6.21. The third kappa shape index (κ3) is 3.58. The number of hydrogen-bond acceptors (Lipinski definition) is 3. The van der Waals surface area contributed by atoms with E-state index in [2.05, 4.69) is 6.92 Å². The van der Waals surface area contributed by atoms with E-state index in [0.717, 1.165) is 17.7 Å². The summed E-state index contributed by atoms with van der Waals surface area (Å²) in [5.41, 5.74) is 2.23. The zero-order valence-corrected chi connectivity index (χ0v) is 10.8. The van der Waals surface area contributed by atoms with Gasteiger partial charge in [-0.1, -0.05) is 37.3 Å². The van der Waals surface area contributed by atoms with Gasteiger partial charge in [0.05, 0.1) is 5.97 Å². The first kappa shape index (κ1) is 13.1. The summed E-state index contributed by atoms with van der Waals surface area (Å²) in [6, 6.07) is 14.5. The molecular formula is C16H15O3-. The molecule has 0 aliphatic heterocycles. The van der Waals surface area contributed by atoms with E-state index < -0.39 is 5.97 Å². The number of aromatic carboxylic acids is 1. The van der Waals surface area contributed by atoms with Gasteiger partial charge in [0, 0.05) is 0 Å². The highest BCUT2D eigenvalue weighted by molar-refractivity contribution is 5.85. The van der Waals surface area contributed by atoms with Crippen molar-refractivity contribution in [3.05, 3.63) is 65.2 Å². The van der Waals surface area contributed by atoms with Crippen molar-refractivity contribution in [2.24, 2.45) is 0 Å². The molecule has 0 atom stereocenters. The predicted octanol–water partition coefficient (Wildman–Crippen LogP) is 2.19. The number of hydrogen-bond donors (Lipinski definition) is 0. The van der Waals surface area contributed by atoms with Crippen molar-refractivity contribution in [3.8, 4) is 5.75 Å². The molecular weight excluding hydrogens is 240 g/mol. The molecule has 3 nitrogen and oxygen atoms in total. The second-order valence-electron chi connectivity index (χ2n) is 4.27. The molecule has 0 spiro atoms. The largest absolute Gasteiger partial charge is 0.545 e. The van der Waals surface area contributed by atoms with Crippen molar-refractivity contribution in [2.45, 2.75) is 20.0 Å². The van der Waals surface area contributed by atoms with Gasteiger partial charge in [-0.05, 0) is 41.3 Å². The van der Waals surface area contributed by atoms with Crippen LogP contribution in [0.25, 0.3) is 0 Å². The second-order valence-corrected chi connectivity index (χ2v) is 4.27. The Balaban J connectivity index is 2.01. The zero-order valence-electron chi connectivity index (χ0n) is 10.8. The van der Waals surface area contributed by atoms with E-state index in [0.29, 0.717) is 6.61 Å². The number of carboxylic acids is 1. The highest BCUT2D eigenvalue weighted by atomic mass is 16.5. The molecule has 2 aromatic carbocycles. The maximum absolute atomic E-state index is 10.7. The molecule has 0 unspecified atom stereocenters. The van der Waals surface area contributed by atoms with Gasteiger partial charge >= 0.3 is 0 Å². The molecule has 0 bridgehead atoms. The lowest BCUT2D eigenvalue weighted by Gasteiger charge is -2.09. The minimum Gasteiger partial charge on any atom is -0.545 e. The standard InChI is InChI=1S/C16H16O3/c1-2-12-6-8-15(9-7-12)19-11-13-4-3-5-14(10-13)16(17)18/h3-10H,2,11H2,1H3,(H,17,18)/p-1. The van der Waals surface area contributed by atoms with E-state index >= 15 is 0 Å². The fourth-order valence-electron chi connectivity index (χ4n) is 1.78. The van der Waals surface area contributed by atoms with Crippen LogP contribution in [0, 0.1) is 0 Å². The van der Waals surface area contributed by atoms with Crippen molar-refractivity contribution in [1.29, 1.82) is 0 Å². The molecule has 0 aliphatic carbocycles. The molecule has 0 saturated carbocycles. The molecule has 98 valence electrons. The molecule has 2 aromatic rings. The van der Waals surface area contributed by atoms with Crippen LogP contribution in [0.15, 0.2) is 48.5 Å². The summed E-state index contributed by atoms with van der Waals surface area (Å²) in [5.74, 6) is -0.398. The van der Waals surface area contributed by atoms with Crippen LogP contribution in [0.1, 0.15) is 28.4 Å². The minimum absolute atomic E-state index is 0.169. The third-order valence-electron chi connectivity index (χ3n) is 2.90. The SMILES string of the molecule is CCc1ccc(OCc2cccc(C(=O)[O-])c2)cc1. The number of ether oxygens (including phenoxy) is 1. The molecule has 0 aromatic heterocycles. The Bertz CT molecular complexity index is 558. The summed E-state index contributed by atoms with van der Waals surface area (Å²) in [6.07, 6.45) is 0.994. The topological polar surface area (TPSA) is 49.4 Å². The lowest BCUT2D eigenvalue weighted by Crippen LogP contribution is -2.22. The molecule has 0 radical (unpaired) electrons. The van der Waals surface area contributed by atoms with Crippen LogP contribution in [-0.4, -0.2) is 5.97 Å². The molecule has 0 fully saturated rings. The fraction of sp³-hybridized carbons (Fsp3) is 0.188. The summed E-state index contributed by atoms with van der Waals surface area (Å²) in [5, 5.41) is 10.7. The summed E-state index contributed by atoms with van der Waals surface area (Å²) in [4.78, 5) is 10.7. The summed E-state index contributed by atoms with van der Waals surface area (Å²) >= 11 is 0. The van der Waals surface area contributed by atoms with Gasteiger partial charge < -0.3 is 14.6 Å². The van der Waals surface area contributed by atoms with Crippen LogP contribution in [0.4, 0.5) is 0 Å². The first-order chi connectivity index (χ1) is 9.19. The molecule has 0 heterocycles. The van der Waals surface area contributed by atoms with Crippen molar-refractivity contribution in [1.82, 2.24) is 0 Å². The fourth-order valence-corrected chi connectivity index (χ4v) is 1.78. The van der Waals surface area contributed by atoms with Gasteiger partial charge in [0.2, 0.25) is 0 Å². The molecule has 3 heteroatoms. The monoisotopic (exact) mass is 255 g/mol. The summed E-state index contributed by atoms with van der Waals surface area (Å²) in [6.45, 7) is 2.44. The maximum atomic E-state index is 10.7. The van der Waals surface area contributed by atoms with Crippen LogP contribution >= 0.6 is 0 Å². The second kappa shape index (κ2) is 6.05. The smallest absolute Gasteiger partial charge is 0.119 e. The molecule has 0 aliphatic rings. The number of carboxylic acid groups (broad SMARTS) is 1. The molecule has 0 N–H and O–H groups in total. The van der Waals surface area contributed by atoms with Crippen LogP contribution < -0.4 is 9.84 Å². The normalized spacial score (nSPS) is 10.2. The molecule has 0 amide bonds. The Morgan fingerprint density at radius 3 is 2.47 bits per heavy atom. The maximum Gasteiger partial charge on any atom is 0.119 e. The van der Waals surface area contributed by atoms with E-state index in [4.69, 9.17) is 4.74 Å². The summed E-state index contributed by atoms with van der Waals surface area (Å²) < 4.78 is 5.61. The van der Waals surface area contributed by atoms with Gasteiger partial charge in [-0.15, -0.1) is 0 Å². The third-order valence-corrected chi connectivity index (χ3v) is 2.90. The Morgan fingerprint density at radius 1 is 1.11 bits per heavy atom. The number of aryl methyl sites for hydroxylation is 1. The van der Waals surface area contributed by atoms with E-state index in [1.54, 1.807) is 12.1 Å². The van der Waals surface area contributed by atoms with Gasteiger partial charge in [-0.2, -0.15) is 0 Å². The van der Waals surface area contributed by atoms with Crippen LogP contribution in [0.5, 0.6) is 5.75 Å². The van der Waals surface area contributed by atoms with Crippen molar-refractivity contribution < 1.29 is 14.6 Å². The van der Waals surface area contributed by atoms with Crippen LogP contribution in [0.3, 0.4) is 0 Å². The lowest BCUT2D eigenvalue weighted by atomic mass is 10.1. The summed E-state index contributed by atoms with van der Waals surface area (Å²) in [7, 11) is 0. The number of carbonyl (C=O) groups excluding carboxylic acids is 1. The van der Waals surface area contributed by atoms with Gasteiger partial charge in [-0.3, -0.25) is 0 Å². The lowest BCUT2D eigenvalue weighted by molar-refractivity contribution is -0.255. The average molecular weight is 255 g/mol. The van der Waals surface area contributed by atoms with Gasteiger partial charge in [0.25, 0.3) is 0 Å². The first-order valence-electron chi connectivity index (χ1n) is 6.21. The molecule has 0 saturated heterocycles. The van der Waals surface area contributed by atoms with Crippen molar-refractivity contribution in [2.75, 3.05) is 0 Å². The average Bonchev–Trinajstić information content (AvgIpc) is 2.46. The highest BCUT2D eigenvalue weighted by Crippen LogP contribution is 2.15. The van der Waals surface area contributed by atoms with Gasteiger partial charge in [0.15, 0.2) is 0 Å². The minimum atomic E-state index is -1.17. The molecule has 2 rings (SSSR count). The van der Waals surface area contributed by atoms with Crippen LogP contribution in [0.2, 0.25) is 0 Å². The number of benzene rings is 2. The Morgan fingerprint density at radius 2 is 1.84 bits per heavy atom. The Kier molecular flexibility index (Phi) is 4.18. The Hall–Kier alpha value is -2.29. The van der Waals surface area contributed by atoms with Gasteiger partial charge in [0.1, 0.15) is 12.4 Å². The Labute approximate surface area is 112 Å². The van der Waals surface area contributed by atoms with Crippen molar-refractivity contribution in [3.63, 3.8) is 0 Å². The number of rotatable bonds is 5. The van der Waals surface area contributed by atoms with E-state index in [9.17, 15) is 9.90 Å². The van der Waals surface area contributed by atoms with Crippen LogP contribution in [-0.2, 0) is 13.0 Å². The van der Waals surface area contributed by atoms with E-state index in [-0.39, 0.29) is 5.56 Å². The zero-order chi connectivity index (χ0) is 13.7. The van der Waals surface area contributed by atoms with E-state index in [1.165, 1.54) is 11.6 Å². The quantitative estimate of drug-likeness (QED) is 0.823. The molecule has 19 heavy (non-hydrogen) atoms. The number of carbonyl (C=O) groups is 1. The predicted molar refractivity (Wildman–Crippen MR) is 70.9 cm³/mol. The van der Waals surface area contributed by atoms with Crippen molar-refractivity contribution >= 4 is 5.97 Å². The highest BCUT2D eigenvalue weighted by Gasteiger charge is 1.99. The van der Waals surface area contributed by atoms with Gasteiger partial charge in [-0.25, -0.2) is 0 Å².